The molecule has 1 fully saturated rings. The molecule has 0 spiro atoms. The summed E-state index contributed by atoms with van der Waals surface area (Å²) >= 11 is 0. The van der Waals surface area contributed by atoms with Crippen LogP contribution in [0.4, 0.5) is 0 Å². The molecule has 0 N–H and O–H groups in total. The van der Waals surface area contributed by atoms with E-state index in [1.807, 2.05) is 19.1 Å². The fourth-order valence-corrected chi connectivity index (χ4v) is 4.15. The van der Waals surface area contributed by atoms with E-state index in [-0.39, 0.29) is 18.0 Å². The van der Waals surface area contributed by atoms with Gasteiger partial charge in [0.1, 0.15) is 11.9 Å². The Hall–Kier alpha value is -2.16. The normalized spacial score (nSPS) is 18.9. The number of ether oxygens (including phenoxy) is 3. The number of pyridine rings is 1. The topological polar surface area (TPSA) is 78.0 Å². The molecule has 0 amide bonds. The van der Waals surface area contributed by atoms with E-state index in [1.165, 1.54) is 23.5 Å². The zero-order chi connectivity index (χ0) is 18.6. The van der Waals surface area contributed by atoms with Gasteiger partial charge in [-0.3, -0.25) is 0 Å². The maximum atomic E-state index is 13.0. The first-order valence-electron chi connectivity index (χ1n) is 8.31. The fourth-order valence-electron chi connectivity index (χ4n) is 2.69. The first-order chi connectivity index (χ1) is 12.5. The van der Waals surface area contributed by atoms with E-state index in [4.69, 9.17) is 14.2 Å². The minimum Gasteiger partial charge on any atom is -0.497 e. The average molecular weight is 378 g/mol. The van der Waals surface area contributed by atoms with Crippen LogP contribution in [0.2, 0.25) is 0 Å². The monoisotopic (exact) mass is 378 g/mol. The summed E-state index contributed by atoms with van der Waals surface area (Å²) in [6.07, 6.45) is -0.431. The second-order valence-electron chi connectivity index (χ2n) is 5.97. The highest BCUT2D eigenvalue weighted by atomic mass is 32.2. The molecular formula is C18H22N2O5S. The van der Waals surface area contributed by atoms with Gasteiger partial charge < -0.3 is 14.2 Å². The van der Waals surface area contributed by atoms with Crippen molar-refractivity contribution in [1.82, 2.24) is 9.29 Å². The van der Waals surface area contributed by atoms with E-state index in [1.54, 1.807) is 18.2 Å². The van der Waals surface area contributed by atoms with Crippen LogP contribution in [0.3, 0.4) is 0 Å². The van der Waals surface area contributed by atoms with Gasteiger partial charge in [-0.2, -0.15) is 4.31 Å². The highest BCUT2D eigenvalue weighted by Crippen LogP contribution is 2.21. The van der Waals surface area contributed by atoms with E-state index in [0.29, 0.717) is 24.8 Å². The van der Waals surface area contributed by atoms with Crippen molar-refractivity contribution in [3.8, 4) is 11.6 Å². The van der Waals surface area contributed by atoms with Gasteiger partial charge in [-0.25, -0.2) is 13.4 Å². The number of hydrogen-bond acceptors (Lipinski definition) is 6. The Balaban J connectivity index is 1.77. The molecule has 26 heavy (non-hydrogen) atoms. The van der Waals surface area contributed by atoms with Crippen molar-refractivity contribution in [3.63, 3.8) is 0 Å². The predicted molar refractivity (Wildman–Crippen MR) is 96.0 cm³/mol. The zero-order valence-electron chi connectivity index (χ0n) is 14.8. The van der Waals surface area contributed by atoms with E-state index in [2.05, 4.69) is 4.98 Å². The SMILES string of the molecule is COc1ccc(S(=O)(=O)N2CCOCC(Oc3cccc(C)n3)C2)cc1. The van der Waals surface area contributed by atoms with E-state index < -0.39 is 16.1 Å². The van der Waals surface area contributed by atoms with Gasteiger partial charge in [0.2, 0.25) is 15.9 Å². The number of nitrogens with zero attached hydrogens (tertiary/aromatic N) is 2. The number of aromatic nitrogens is 1. The molecule has 2 heterocycles. The molecule has 1 aliphatic rings. The minimum absolute atomic E-state index is 0.198. The highest BCUT2D eigenvalue weighted by Gasteiger charge is 2.30. The summed E-state index contributed by atoms with van der Waals surface area (Å²) in [4.78, 5) is 4.52. The molecule has 7 nitrogen and oxygen atoms in total. The molecule has 2 aromatic rings. The summed E-state index contributed by atoms with van der Waals surface area (Å²) in [5, 5.41) is 0. The summed E-state index contributed by atoms with van der Waals surface area (Å²) in [6.45, 7) is 2.97. The van der Waals surface area contributed by atoms with Crippen molar-refractivity contribution < 1.29 is 22.6 Å². The second-order valence-corrected chi connectivity index (χ2v) is 7.91. The van der Waals surface area contributed by atoms with Gasteiger partial charge in [0.15, 0.2) is 0 Å². The summed E-state index contributed by atoms with van der Waals surface area (Å²) in [6, 6.07) is 11.8. The Morgan fingerprint density at radius 3 is 2.65 bits per heavy atom. The van der Waals surface area contributed by atoms with Gasteiger partial charge in [0.05, 0.1) is 31.8 Å². The zero-order valence-corrected chi connectivity index (χ0v) is 15.6. The van der Waals surface area contributed by atoms with Crippen molar-refractivity contribution in [2.45, 2.75) is 17.9 Å². The van der Waals surface area contributed by atoms with Gasteiger partial charge in [-0.1, -0.05) is 6.07 Å². The molecule has 1 unspecified atom stereocenters. The lowest BCUT2D eigenvalue weighted by Crippen LogP contribution is -2.40. The van der Waals surface area contributed by atoms with E-state index in [0.717, 1.165) is 5.69 Å². The summed E-state index contributed by atoms with van der Waals surface area (Å²) < 4.78 is 43.8. The van der Waals surface area contributed by atoms with Crippen LogP contribution in [0.5, 0.6) is 11.6 Å². The Morgan fingerprint density at radius 2 is 1.96 bits per heavy atom. The molecule has 1 aromatic heterocycles. The lowest BCUT2D eigenvalue weighted by Gasteiger charge is -2.23. The number of aryl methyl sites for hydroxylation is 1. The van der Waals surface area contributed by atoms with Crippen LogP contribution in [0.25, 0.3) is 0 Å². The molecule has 8 heteroatoms. The predicted octanol–water partition coefficient (Wildman–Crippen LogP) is 1.87. The number of benzene rings is 1. The van der Waals surface area contributed by atoms with Gasteiger partial charge >= 0.3 is 0 Å². The van der Waals surface area contributed by atoms with Crippen LogP contribution < -0.4 is 9.47 Å². The lowest BCUT2D eigenvalue weighted by molar-refractivity contribution is 0.0696. The van der Waals surface area contributed by atoms with Gasteiger partial charge in [0.25, 0.3) is 0 Å². The third-order valence-corrected chi connectivity index (χ3v) is 5.92. The molecule has 0 aliphatic carbocycles. The first-order valence-corrected chi connectivity index (χ1v) is 9.75. The molecule has 1 saturated heterocycles. The molecule has 0 bridgehead atoms. The summed E-state index contributed by atoms with van der Waals surface area (Å²) in [7, 11) is -2.11. The van der Waals surface area contributed by atoms with Crippen LogP contribution >= 0.6 is 0 Å². The van der Waals surface area contributed by atoms with Gasteiger partial charge in [0, 0.05) is 18.3 Å². The highest BCUT2D eigenvalue weighted by molar-refractivity contribution is 7.89. The standard InChI is InChI=1S/C18H22N2O5S/c1-14-4-3-5-18(19-14)25-16-12-20(10-11-24-13-16)26(21,22)17-8-6-15(23-2)7-9-17/h3-9,16H,10-13H2,1-2H3. The van der Waals surface area contributed by atoms with Crippen molar-refractivity contribution in [1.29, 1.82) is 0 Å². The number of methoxy groups -OCH3 is 1. The molecule has 0 saturated carbocycles. The van der Waals surface area contributed by atoms with Gasteiger partial charge in [-0.05, 0) is 37.3 Å². The fraction of sp³-hybridized carbons (Fsp3) is 0.389. The maximum absolute atomic E-state index is 13.0. The quantitative estimate of drug-likeness (QED) is 0.790. The van der Waals surface area contributed by atoms with Crippen LogP contribution in [0.1, 0.15) is 5.69 Å². The van der Waals surface area contributed by atoms with Crippen molar-refractivity contribution >= 4 is 10.0 Å². The van der Waals surface area contributed by atoms with Crippen LogP contribution in [0, 0.1) is 6.92 Å². The van der Waals surface area contributed by atoms with Crippen LogP contribution in [-0.4, -0.2) is 57.2 Å². The number of hydrogen-bond donors (Lipinski definition) is 0. The summed E-state index contributed by atoms with van der Waals surface area (Å²) in [5.74, 6) is 1.07. The molecule has 1 atom stereocenters. The number of sulfonamides is 1. The van der Waals surface area contributed by atoms with Gasteiger partial charge in [-0.15, -0.1) is 0 Å². The Morgan fingerprint density at radius 1 is 1.19 bits per heavy atom. The Bertz CT molecular complexity index is 839. The van der Waals surface area contributed by atoms with Crippen molar-refractivity contribution in [2.75, 3.05) is 33.4 Å². The number of rotatable bonds is 5. The smallest absolute Gasteiger partial charge is 0.243 e. The van der Waals surface area contributed by atoms with Crippen molar-refractivity contribution in [3.05, 3.63) is 48.2 Å². The molecule has 3 rings (SSSR count). The lowest BCUT2D eigenvalue weighted by atomic mass is 10.3. The van der Waals surface area contributed by atoms with Crippen LogP contribution in [-0.2, 0) is 14.8 Å². The van der Waals surface area contributed by atoms with E-state index in [9.17, 15) is 8.42 Å². The molecule has 1 aliphatic heterocycles. The molecule has 0 radical (unpaired) electrons. The first kappa shape index (κ1) is 18.6. The minimum atomic E-state index is -3.65. The maximum Gasteiger partial charge on any atom is 0.243 e. The molecular weight excluding hydrogens is 356 g/mol. The third-order valence-electron chi connectivity index (χ3n) is 4.04. The average Bonchev–Trinajstić information content (AvgIpc) is 2.88. The van der Waals surface area contributed by atoms with E-state index >= 15 is 0 Å². The second kappa shape index (κ2) is 8.03. The molecule has 1 aromatic carbocycles. The van der Waals surface area contributed by atoms with Crippen LogP contribution in [0.15, 0.2) is 47.4 Å². The summed E-state index contributed by atoms with van der Waals surface area (Å²) in [5.41, 5.74) is 0.833. The Kier molecular flexibility index (Phi) is 5.75. The Labute approximate surface area is 153 Å². The third kappa shape index (κ3) is 4.32. The molecule has 140 valence electrons. The van der Waals surface area contributed by atoms with Crippen molar-refractivity contribution in [2.24, 2.45) is 0 Å². The largest absolute Gasteiger partial charge is 0.497 e.